The van der Waals surface area contributed by atoms with Crippen LogP contribution in [-0.2, 0) is 21.0 Å². The highest BCUT2D eigenvalue weighted by atomic mass is 32.2. The minimum Gasteiger partial charge on any atom is -0.377 e. The fourth-order valence-corrected chi connectivity index (χ4v) is 7.73. The number of hydrogen-bond acceptors (Lipinski definition) is 8. The zero-order chi connectivity index (χ0) is 30.5. The number of carbonyl (C=O) groups is 1. The molecule has 2 fully saturated rings. The van der Waals surface area contributed by atoms with E-state index in [4.69, 9.17) is 0 Å². The Hall–Kier alpha value is -2.10. The highest BCUT2D eigenvalue weighted by Gasteiger charge is 2.55. The molecule has 0 radical (unpaired) electrons. The van der Waals surface area contributed by atoms with Crippen molar-refractivity contribution in [3.05, 3.63) is 40.9 Å². The van der Waals surface area contributed by atoms with Crippen LogP contribution < -0.4 is 10.6 Å². The van der Waals surface area contributed by atoms with E-state index in [-0.39, 0.29) is 18.5 Å². The number of nitrogens with one attached hydrogen (secondary N) is 2. The maximum atomic E-state index is 14.1. The lowest BCUT2D eigenvalue weighted by Crippen LogP contribution is -2.60. The number of aromatic nitrogens is 1. The Kier molecular flexibility index (Phi) is 8.95. The van der Waals surface area contributed by atoms with Gasteiger partial charge in [0.15, 0.2) is 0 Å². The molecule has 1 amide bonds. The Morgan fingerprint density at radius 1 is 1.24 bits per heavy atom. The summed E-state index contributed by atoms with van der Waals surface area (Å²) in [4.78, 5) is 20.5. The maximum absolute atomic E-state index is 14.1. The number of amides is 1. The van der Waals surface area contributed by atoms with E-state index in [0.717, 1.165) is 18.4 Å². The van der Waals surface area contributed by atoms with Gasteiger partial charge < -0.3 is 15.3 Å². The van der Waals surface area contributed by atoms with E-state index in [0.29, 0.717) is 29.2 Å². The van der Waals surface area contributed by atoms with Gasteiger partial charge in [0.1, 0.15) is 11.2 Å². The third-order valence-corrected chi connectivity index (χ3v) is 10.2. The number of alkyl halides is 3. The molecule has 1 aromatic carbocycles. The van der Waals surface area contributed by atoms with Crippen LogP contribution in [0.3, 0.4) is 0 Å². The summed E-state index contributed by atoms with van der Waals surface area (Å²) in [5, 5.41) is 18.8. The lowest BCUT2D eigenvalue weighted by molar-refractivity contribution is -0.139. The predicted octanol–water partition coefficient (Wildman–Crippen LogP) is 3.09. The van der Waals surface area contributed by atoms with Gasteiger partial charge in [0.25, 0.3) is 0 Å². The number of nitrogens with zero attached hydrogens (tertiary/aromatic N) is 3. The maximum Gasteiger partial charge on any atom is 0.416 e. The average molecular weight is 618 g/mol. The van der Waals surface area contributed by atoms with E-state index in [9.17, 15) is 31.5 Å². The summed E-state index contributed by atoms with van der Waals surface area (Å²) in [7, 11) is -1.91. The van der Waals surface area contributed by atoms with Crippen molar-refractivity contribution in [1.29, 1.82) is 0 Å². The third-order valence-electron chi connectivity index (χ3n) is 8.01. The molecule has 3 N–H and O–H groups in total. The quantitative estimate of drug-likeness (QED) is 0.390. The number of carbonyl (C=O) groups excluding carboxylic acids is 1. The molecule has 6 atom stereocenters. The second-order valence-electron chi connectivity index (χ2n) is 12.0. The fraction of sp³-hybridized carbons (Fsp3) is 0.630. The Balaban J connectivity index is 1.69. The van der Waals surface area contributed by atoms with Gasteiger partial charge in [-0.25, -0.2) is 13.4 Å². The summed E-state index contributed by atoms with van der Waals surface area (Å²) in [6, 6.07) is 2.86. The number of halogens is 3. The Morgan fingerprint density at radius 2 is 1.93 bits per heavy atom. The number of aliphatic hydroxyl groups excluding tert-OH is 1. The summed E-state index contributed by atoms with van der Waals surface area (Å²) in [6.07, 6.45) is -3.92. The summed E-state index contributed by atoms with van der Waals surface area (Å²) in [5.41, 5.74) is -0.508. The van der Waals surface area contributed by atoms with Gasteiger partial charge in [-0.05, 0) is 37.9 Å². The molecular formula is C27H38F3N5O4S2. The molecule has 0 bridgehead atoms. The molecule has 2 aliphatic rings. The molecule has 0 spiro atoms. The molecule has 228 valence electrons. The molecule has 2 aromatic rings. The van der Waals surface area contributed by atoms with Gasteiger partial charge in [-0.1, -0.05) is 32.9 Å². The molecule has 0 saturated carbocycles. The van der Waals surface area contributed by atoms with Crippen molar-refractivity contribution < 1.29 is 31.5 Å². The molecule has 41 heavy (non-hydrogen) atoms. The van der Waals surface area contributed by atoms with Crippen molar-refractivity contribution in [2.24, 2.45) is 5.41 Å². The highest BCUT2D eigenvalue weighted by Crippen LogP contribution is 2.44. The lowest BCUT2D eigenvalue weighted by atomic mass is 9.85. The number of sulfonamides is 1. The molecule has 0 aliphatic carbocycles. The first-order valence-corrected chi connectivity index (χ1v) is 16.2. The molecule has 14 heteroatoms. The van der Waals surface area contributed by atoms with Crippen molar-refractivity contribution in [2.45, 2.75) is 76.6 Å². The number of thiazole rings is 1. The van der Waals surface area contributed by atoms with E-state index in [1.54, 1.807) is 30.3 Å². The van der Waals surface area contributed by atoms with Crippen molar-refractivity contribution in [3.8, 4) is 10.6 Å². The summed E-state index contributed by atoms with van der Waals surface area (Å²) in [6.45, 7) is 7.90. The van der Waals surface area contributed by atoms with E-state index in [1.807, 2.05) is 20.8 Å². The third kappa shape index (κ3) is 6.62. The van der Waals surface area contributed by atoms with E-state index in [2.05, 4.69) is 15.6 Å². The number of hydrogen-bond donors (Lipinski definition) is 3. The second-order valence-corrected chi connectivity index (χ2v) is 14.8. The monoisotopic (exact) mass is 617 g/mol. The van der Waals surface area contributed by atoms with Crippen LogP contribution >= 0.6 is 11.3 Å². The minimum absolute atomic E-state index is 0.108. The average Bonchev–Trinajstić information content (AvgIpc) is 3.60. The standard InChI is InChI=1S/C27H38F3N5O4S2/c1-15(31-5)23(36)33-22(26(2,3)4)25(37)34-11-10-20-21(34)18(13-35(20)41(6,38)39)19-14-40-24(32-19)16-8-7-9-17(12-16)27(28,29)30/h7-9,12,14-15,18,20-23,31,33,36H,10-11,13H2,1-6H3/t15-,18+,20+,21+,22+,23?/m0/s1. The van der Waals surface area contributed by atoms with Gasteiger partial charge in [-0.15, -0.1) is 11.3 Å². The summed E-state index contributed by atoms with van der Waals surface area (Å²) in [5.74, 6) is -0.722. The van der Waals surface area contributed by atoms with Crippen LogP contribution in [0.4, 0.5) is 13.2 Å². The number of benzene rings is 1. The van der Waals surface area contributed by atoms with Gasteiger partial charge >= 0.3 is 6.18 Å². The molecule has 2 saturated heterocycles. The highest BCUT2D eigenvalue weighted by molar-refractivity contribution is 7.88. The van der Waals surface area contributed by atoms with Crippen molar-refractivity contribution in [2.75, 3.05) is 26.4 Å². The van der Waals surface area contributed by atoms with Crippen LogP contribution in [0, 0.1) is 5.41 Å². The van der Waals surface area contributed by atoms with Gasteiger partial charge in [0.2, 0.25) is 15.9 Å². The van der Waals surface area contributed by atoms with Crippen LogP contribution in [0.25, 0.3) is 10.6 Å². The normalized spacial score (nSPS) is 24.3. The number of likely N-dealkylation sites (N-methyl/N-ethyl adjacent to an activating group) is 1. The summed E-state index contributed by atoms with van der Waals surface area (Å²) < 4.78 is 66.9. The second kappa shape index (κ2) is 11.5. The van der Waals surface area contributed by atoms with Crippen LogP contribution in [-0.4, -0.2) is 90.4 Å². The minimum atomic E-state index is -4.49. The first-order chi connectivity index (χ1) is 18.9. The van der Waals surface area contributed by atoms with Gasteiger partial charge in [0, 0.05) is 42.0 Å². The Bertz CT molecular complexity index is 1360. The molecule has 3 heterocycles. The van der Waals surface area contributed by atoms with Crippen LogP contribution in [0.1, 0.15) is 51.3 Å². The molecule has 1 aromatic heterocycles. The van der Waals surface area contributed by atoms with E-state index in [1.165, 1.54) is 21.7 Å². The Labute approximate surface area is 243 Å². The first kappa shape index (κ1) is 31.8. The number of likely N-dealkylation sites (tertiary alicyclic amines) is 1. The van der Waals surface area contributed by atoms with E-state index < -0.39 is 57.4 Å². The largest absolute Gasteiger partial charge is 0.416 e. The smallest absolute Gasteiger partial charge is 0.377 e. The SMILES string of the molecule is CN[C@@H](C)C(O)N[C@H](C(=O)N1CC[C@@H]2[C@H]1[C@@H](c1csc(-c3cccc(C(F)(F)F)c3)n1)CN2S(C)(=O)=O)C(C)(C)C. The lowest BCUT2D eigenvalue weighted by Gasteiger charge is -2.38. The molecule has 2 aliphatic heterocycles. The summed E-state index contributed by atoms with van der Waals surface area (Å²) >= 11 is 1.18. The van der Waals surface area contributed by atoms with Crippen LogP contribution in [0.15, 0.2) is 29.6 Å². The zero-order valence-corrected chi connectivity index (χ0v) is 25.6. The number of rotatable bonds is 8. The van der Waals surface area contributed by atoms with Gasteiger partial charge in [-0.2, -0.15) is 17.5 Å². The number of aliphatic hydroxyl groups is 1. The topological polar surface area (TPSA) is 115 Å². The molecule has 1 unspecified atom stereocenters. The van der Waals surface area contributed by atoms with Crippen LogP contribution in [0.2, 0.25) is 0 Å². The van der Waals surface area contributed by atoms with Gasteiger partial charge in [0.05, 0.1) is 29.6 Å². The Morgan fingerprint density at radius 3 is 2.51 bits per heavy atom. The van der Waals surface area contributed by atoms with Crippen LogP contribution in [0.5, 0.6) is 0 Å². The van der Waals surface area contributed by atoms with Crippen molar-refractivity contribution in [1.82, 2.24) is 24.8 Å². The van der Waals surface area contributed by atoms with Gasteiger partial charge in [-0.3, -0.25) is 10.1 Å². The van der Waals surface area contributed by atoms with Crippen molar-refractivity contribution >= 4 is 27.3 Å². The molecule has 4 rings (SSSR count). The zero-order valence-electron chi connectivity index (χ0n) is 23.9. The number of fused-ring (bicyclic) bond motifs is 1. The fourth-order valence-electron chi connectivity index (χ4n) is 5.69. The molecule has 9 nitrogen and oxygen atoms in total. The predicted molar refractivity (Wildman–Crippen MR) is 152 cm³/mol. The van der Waals surface area contributed by atoms with E-state index >= 15 is 0 Å². The van der Waals surface area contributed by atoms with Crippen molar-refractivity contribution in [3.63, 3.8) is 0 Å². The first-order valence-electron chi connectivity index (χ1n) is 13.4. The molecular weight excluding hydrogens is 579 g/mol.